The molecule has 3 rings (SSSR count). The van der Waals surface area contributed by atoms with Gasteiger partial charge in [-0.2, -0.15) is 0 Å². The lowest BCUT2D eigenvalue weighted by atomic mass is 9.98. The Morgan fingerprint density at radius 2 is 2.24 bits per heavy atom. The number of benzene rings is 1. The summed E-state index contributed by atoms with van der Waals surface area (Å²) in [6, 6.07) is 8.04. The minimum Gasteiger partial charge on any atom is -0.493 e. The summed E-state index contributed by atoms with van der Waals surface area (Å²) in [6.45, 7) is 0.785. The van der Waals surface area contributed by atoms with Crippen molar-refractivity contribution >= 4 is 0 Å². The summed E-state index contributed by atoms with van der Waals surface area (Å²) in [7, 11) is 1.89. The highest BCUT2D eigenvalue weighted by molar-refractivity contribution is 5.39. The maximum atomic E-state index is 13.3. The van der Waals surface area contributed by atoms with Crippen molar-refractivity contribution in [2.45, 2.75) is 25.3 Å². The molecule has 0 saturated heterocycles. The normalized spacial score (nSPS) is 14.6. The van der Waals surface area contributed by atoms with Gasteiger partial charge in [-0.3, -0.25) is 4.98 Å². The van der Waals surface area contributed by atoms with Gasteiger partial charge in [-0.05, 0) is 48.7 Å². The number of nitrogens with zero attached hydrogens (tertiary/aromatic N) is 1. The van der Waals surface area contributed by atoms with Crippen LogP contribution in [0.2, 0.25) is 0 Å². The van der Waals surface area contributed by atoms with Crippen LogP contribution in [0.4, 0.5) is 4.39 Å². The second kappa shape index (κ2) is 6.22. The summed E-state index contributed by atoms with van der Waals surface area (Å²) in [6.07, 6.45) is 5.79. The number of halogens is 1. The van der Waals surface area contributed by atoms with Crippen LogP contribution in [0.15, 0.2) is 36.7 Å². The highest BCUT2D eigenvalue weighted by atomic mass is 19.1. The number of hydrogen-bond acceptors (Lipinski definition) is 3. The standard InChI is InChI=1S/C17H19FN2O/c1-19-16(14-9-15(18)11-20-10-14)4-2-12-3-5-17-13(8-12)6-7-21-17/h3,5,8-11,16,19H,2,4,6-7H2,1H3. The number of ether oxygens (including phenoxy) is 1. The SMILES string of the molecule is CNC(CCc1ccc2c(c1)CCO2)c1cncc(F)c1. The van der Waals surface area contributed by atoms with E-state index in [0.717, 1.165) is 37.2 Å². The number of fused-ring (bicyclic) bond motifs is 1. The van der Waals surface area contributed by atoms with E-state index >= 15 is 0 Å². The Morgan fingerprint density at radius 1 is 1.33 bits per heavy atom. The monoisotopic (exact) mass is 286 g/mol. The summed E-state index contributed by atoms with van der Waals surface area (Å²) >= 11 is 0. The van der Waals surface area contributed by atoms with Crippen LogP contribution in [-0.4, -0.2) is 18.6 Å². The van der Waals surface area contributed by atoms with Gasteiger partial charge in [0.15, 0.2) is 0 Å². The van der Waals surface area contributed by atoms with Crippen molar-refractivity contribution in [3.63, 3.8) is 0 Å². The van der Waals surface area contributed by atoms with E-state index in [1.165, 1.54) is 17.3 Å². The highest BCUT2D eigenvalue weighted by Gasteiger charge is 2.14. The van der Waals surface area contributed by atoms with Crippen LogP contribution in [0.5, 0.6) is 5.75 Å². The molecule has 1 aromatic heterocycles. The topological polar surface area (TPSA) is 34.1 Å². The second-order valence-electron chi connectivity index (χ2n) is 5.36. The third-order valence-corrected chi connectivity index (χ3v) is 3.95. The first-order valence-corrected chi connectivity index (χ1v) is 7.28. The van der Waals surface area contributed by atoms with Crippen LogP contribution in [0.1, 0.15) is 29.2 Å². The van der Waals surface area contributed by atoms with E-state index < -0.39 is 0 Å². The second-order valence-corrected chi connectivity index (χ2v) is 5.36. The molecule has 1 atom stereocenters. The van der Waals surface area contributed by atoms with Crippen LogP contribution in [0, 0.1) is 5.82 Å². The molecule has 1 aromatic carbocycles. The molecule has 1 N–H and O–H groups in total. The Bertz CT molecular complexity index is 630. The number of nitrogens with one attached hydrogen (secondary N) is 1. The van der Waals surface area contributed by atoms with Crippen molar-refractivity contribution in [1.82, 2.24) is 10.3 Å². The van der Waals surface area contributed by atoms with Crippen molar-refractivity contribution in [3.05, 3.63) is 59.2 Å². The Hall–Kier alpha value is -1.94. The van der Waals surface area contributed by atoms with Crippen LogP contribution in [0.25, 0.3) is 0 Å². The van der Waals surface area contributed by atoms with Crippen LogP contribution in [0.3, 0.4) is 0 Å². The quantitative estimate of drug-likeness (QED) is 0.917. The summed E-state index contributed by atoms with van der Waals surface area (Å²) in [5.41, 5.74) is 3.48. The first kappa shape index (κ1) is 14.0. The molecule has 2 heterocycles. The lowest BCUT2D eigenvalue weighted by molar-refractivity contribution is 0.357. The molecule has 21 heavy (non-hydrogen) atoms. The average Bonchev–Trinajstić information content (AvgIpc) is 2.95. The molecule has 0 fully saturated rings. The summed E-state index contributed by atoms with van der Waals surface area (Å²) in [5, 5.41) is 3.24. The molecule has 0 amide bonds. The van der Waals surface area contributed by atoms with E-state index in [0.29, 0.717) is 0 Å². The molecule has 0 aliphatic carbocycles. The number of pyridine rings is 1. The van der Waals surface area contributed by atoms with Gasteiger partial charge < -0.3 is 10.1 Å². The Balaban J connectivity index is 1.68. The third-order valence-electron chi connectivity index (χ3n) is 3.95. The fourth-order valence-corrected chi connectivity index (χ4v) is 2.80. The average molecular weight is 286 g/mol. The predicted molar refractivity (Wildman–Crippen MR) is 80.0 cm³/mol. The number of rotatable bonds is 5. The highest BCUT2D eigenvalue weighted by Crippen LogP contribution is 2.27. The summed E-state index contributed by atoms with van der Waals surface area (Å²) < 4.78 is 18.8. The molecule has 2 aromatic rings. The molecule has 1 unspecified atom stereocenters. The zero-order valence-corrected chi connectivity index (χ0v) is 12.1. The first-order chi connectivity index (χ1) is 10.3. The number of aromatic nitrogens is 1. The molecule has 110 valence electrons. The van der Waals surface area contributed by atoms with Crippen LogP contribution < -0.4 is 10.1 Å². The summed E-state index contributed by atoms with van der Waals surface area (Å²) in [4.78, 5) is 3.92. The van der Waals surface area contributed by atoms with Gasteiger partial charge in [-0.1, -0.05) is 12.1 Å². The molecule has 0 spiro atoms. The van der Waals surface area contributed by atoms with Gasteiger partial charge in [0.05, 0.1) is 12.8 Å². The molecule has 3 nitrogen and oxygen atoms in total. The van der Waals surface area contributed by atoms with Crippen molar-refractivity contribution in [2.75, 3.05) is 13.7 Å². The fourth-order valence-electron chi connectivity index (χ4n) is 2.80. The van der Waals surface area contributed by atoms with Crippen molar-refractivity contribution in [2.24, 2.45) is 0 Å². The Labute approximate surface area is 124 Å². The van der Waals surface area contributed by atoms with Gasteiger partial charge in [0, 0.05) is 18.7 Å². The minimum atomic E-state index is -0.289. The van der Waals surface area contributed by atoms with Crippen molar-refractivity contribution in [3.8, 4) is 5.75 Å². The number of hydrogen-bond donors (Lipinski definition) is 1. The van der Waals surface area contributed by atoms with Crippen LogP contribution >= 0.6 is 0 Å². The smallest absolute Gasteiger partial charge is 0.141 e. The Morgan fingerprint density at radius 3 is 3.05 bits per heavy atom. The molecule has 0 radical (unpaired) electrons. The largest absolute Gasteiger partial charge is 0.493 e. The van der Waals surface area contributed by atoms with E-state index in [1.54, 1.807) is 12.3 Å². The van der Waals surface area contributed by atoms with Gasteiger partial charge in [-0.15, -0.1) is 0 Å². The zero-order valence-electron chi connectivity index (χ0n) is 12.1. The molecule has 0 bridgehead atoms. The lowest BCUT2D eigenvalue weighted by Gasteiger charge is -2.16. The van der Waals surface area contributed by atoms with E-state index in [9.17, 15) is 4.39 Å². The molecular formula is C17H19FN2O. The molecule has 1 aliphatic rings. The maximum absolute atomic E-state index is 13.3. The van der Waals surface area contributed by atoms with Gasteiger partial charge in [0.2, 0.25) is 0 Å². The minimum absolute atomic E-state index is 0.109. The van der Waals surface area contributed by atoms with E-state index in [-0.39, 0.29) is 11.9 Å². The van der Waals surface area contributed by atoms with E-state index in [2.05, 4.69) is 28.5 Å². The first-order valence-electron chi connectivity index (χ1n) is 7.28. The molecule has 1 aliphatic heterocycles. The van der Waals surface area contributed by atoms with E-state index in [1.807, 2.05) is 7.05 Å². The fraction of sp³-hybridized carbons (Fsp3) is 0.353. The lowest BCUT2D eigenvalue weighted by Crippen LogP contribution is -2.17. The third kappa shape index (κ3) is 3.22. The van der Waals surface area contributed by atoms with Crippen molar-refractivity contribution < 1.29 is 9.13 Å². The van der Waals surface area contributed by atoms with Crippen LogP contribution in [-0.2, 0) is 12.8 Å². The van der Waals surface area contributed by atoms with Gasteiger partial charge in [0.25, 0.3) is 0 Å². The van der Waals surface area contributed by atoms with Gasteiger partial charge in [-0.25, -0.2) is 4.39 Å². The molecule has 4 heteroatoms. The van der Waals surface area contributed by atoms with Gasteiger partial charge in [0.1, 0.15) is 11.6 Å². The molecular weight excluding hydrogens is 267 g/mol. The van der Waals surface area contributed by atoms with Crippen molar-refractivity contribution in [1.29, 1.82) is 0 Å². The Kier molecular flexibility index (Phi) is 4.15. The predicted octanol–water partition coefficient (Wildman–Crippen LogP) is 3.05. The zero-order chi connectivity index (χ0) is 14.7. The summed E-state index contributed by atoms with van der Waals surface area (Å²) in [5.74, 6) is 0.723. The van der Waals surface area contributed by atoms with Gasteiger partial charge >= 0.3 is 0 Å². The van der Waals surface area contributed by atoms with E-state index in [4.69, 9.17) is 4.74 Å². The number of aryl methyl sites for hydroxylation is 1. The maximum Gasteiger partial charge on any atom is 0.141 e. The molecule has 0 saturated carbocycles.